The molecule has 7 heteroatoms. The lowest BCUT2D eigenvalue weighted by atomic mass is 10.0. The van der Waals surface area contributed by atoms with Gasteiger partial charge in [-0.2, -0.15) is 0 Å². The summed E-state index contributed by atoms with van der Waals surface area (Å²) in [6.45, 7) is 0. The molecule has 0 spiro atoms. The minimum absolute atomic E-state index is 0.446. The number of methoxy groups -OCH3 is 1. The number of benzene rings is 2. The Morgan fingerprint density at radius 1 is 1.12 bits per heavy atom. The number of esters is 1. The molecule has 0 saturated heterocycles. The van der Waals surface area contributed by atoms with Gasteiger partial charge in [-0.3, -0.25) is 5.41 Å². The first-order valence-corrected chi connectivity index (χ1v) is 8.50. The van der Waals surface area contributed by atoms with Crippen molar-refractivity contribution in [2.45, 2.75) is 10.6 Å². The van der Waals surface area contributed by atoms with Crippen LogP contribution in [0.4, 0.5) is 0 Å². The van der Waals surface area contributed by atoms with Crippen LogP contribution in [-0.2, 0) is 20.7 Å². The van der Waals surface area contributed by atoms with Gasteiger partial charge < -0.3 is 20.3 Å². The summed E-state index contributed by atoms with van der Waals surface area (Å²) in [5.41, 5.74) is 6.92. The number of carbonyl (C=O) groups is 1. The highest BCUT2D eigenvalue weighted by atomic mass is 32.2. The lowest BCUT2D eigenvalue weighted by Crippen LogP contribution is -2.50. The van der Waals surface area contributed by atoms with E-state index >= 15 is 0 Å². The van der Waals surface area contributed by atoms with Crippen LogP contribution in [0.2, 0.25) is 0 Å². The molecule has 126 valence electrons. The van der Waals surface area contributed by atoms with Gasteiger partial charge >= 0.3 is 5.97 Å². The molecule has 0 aliphatic rings. The molecule has 2 aromatic carbocycles. The Labute approximate surface area is 143 Å². The summed E-state index contributed by atoms with van der Waals surface area (Å²) in [6, 6.07) is 18.5. The van der Waals surface area contributed by atoms with Gasteiger partial charge in [-0.05, 0) is 11.2 Å². The average molecular weight is 345 g/mol. The maximum atomic E-state index is 13.2. The summed E-state index contributed by atoms with van der Waals surface area (Å²) < 4.78 is 17.9. The Hall–Kier alpha value is -2.51. The van der Waals surface area contributed by atoms with Gasteiger partial charge in [0.15, 0.2) is 11.2 Å². The molecule has 0 heterocycles. The minimum atomic E-state index is -1.75. The van der Waals surface area contributed by atoms with Crippen molar-refractivity contribution in [1.82, 2.24) is 5.32 Å². The van der Waals surface area contributed by atoms with Gasteiger partial charge in [0.1, 0.15) is 0 Å². The summed E-state index contributed by atoms with van der Waals surface area (Å²) in [5, 5.41) is 7.99. The Kier molecular flexibility index (Phi) is 6.22. The first-order valence-electron chi connectivity index (χ1n) is 7.22. The van der Waals surface area contributed by atoms with E-state index in [1.807, 2.05) is 60.7 Å². The lowest BCUT2D eigenvalue weighted by Gasteiger charge is -2.27. The van der Waals surface area contributed by atoms with Crippen molar-refractivity contribution in [3.05, 3.63) is 71.8 Å². The second kappa shape index (κ2) is 8.37. The third kappa shape index (κ3) is 4.27. The SMILES string of the molecule is COC(=O)C(NC(=N)N)[S+]([O-])C(c1ccccc1)c1ccccc1. The summed E-state index contributed by atoms with van der Waals surface area (Å²) in [6.07, 6.45) is 0. The van der Waals surface area contributed by atoms with Crippen LogP contribution >= 0.6 is 0 Å². The van der Waals surface area contributed by atoms with E-state index in [9.17, 15) is 9.35 Å². The highest BCUT2D eigenvalue weighted by Crippen LogP contribution is 2.32. The van der Waals surface area contributed by atoms with E-state index in [1.54, 1.807) is 0 Å². The molecule has 0 saturated carbocycles. The van der Waals surface area contributed by atoms with Crippen molar-refractivity contribution < 1.29 is 14.1 Å². The van der Waals surface area contributed by atoms with Crippen LogP contribution in [0.1, 0.15) is 16.4 Å². The normalized spacial score (nSPS) is 13.1. The second-order valence-electron chi connectivity index (χ2n) is 4.99. The van der Waals surface area contributed by atoms with E-state index in [0.29, 0.717) is 0 Å². The molecule has 2 aromatic rings. The number of carbonyl (C=O) groups excluding carboxylic acids is 1. The average Bonchev–Trinajstić information content (AvgIpc) is 2.61. The molecule has 0 bridgehead atoms. The number of ether oxygens (including phenoxy) is 1. The number of hydrogen-bond donors (Lipinski definition) is 3. The zero-order valence-electron chi connectivity index (χ0n) is 13.1. The van der Waals surface area contributed by atoms with Crippen molar-refractivity contribution in [2.24, 2.45) is 5.73 Å². The van der Waals surface area contributed by atoms with Crippen LogP contribution in [0.15, 0.2) is 60.7 Å². The van der Waals surface area contributed by atoms with Crippen LogP contribution < -0.4 is 11.1 Å². The first kappa shape index (κ1) is 17.8. The number of hydrogen-bond acceptors (Lipinski definition) is 4. The number of rotatable bonds is 6. The summed E-state index contributed by atoms with van der Waals surface area (Å²) in [4.78, 5) is 12.0. The smallest absolute Gasteiger partial charge is 0.381 e. The largest absolute Gasteiger partial charge is 0.614 e. The van der Waals surface area contributed by atoms with Gasteiger partial charge in [-0.1, -0.05) is 60.7 Å². The lowest BCUT2D eigenvalue weighted by molar-refractivity contribution is -0.140. The maximum Gasteiger partial charge on any atom is 0.381 e. The topological polar surface area (TPSA) is 111 Å². The van der Waals surface area contributed by atoms with Gasteiger partial charge in [-0.25, -0.2) is 4.79 Å². The van der Waals surface area contributed by atoms with Crippen LogP contribution in [0, 0.1) is 5.41 Å². The van der Waals surface area contributed by atoms with Gasteiger partial charge in [0.05, 0.1) is 7.11 Å². The number of guanidine groups is 1. The third-order valence-corrected chi connectivity index (χ3v) is 5.15. The standard InChI is InChI=1S/C17H19N3O3S/c1-23-16(21)15(20-17(18)19)24(22)14(12-8-4-2-5-9-12)13-10-6-3-7-11-13/h2-11,14-15H,1H3,(H4,18,19,20). The fraction of sp³-hybridized carbons (Fsp3) is 0.176. The van der Waals surface area contributed by atoms with Crippen LogP contribution in [0.25, 0.3) is 0 Å². The molecule has 2 atom stereocenters. The fourth-order valence-corrected chi connectivity index (χ4v) is 3.96. The molecule has 0 aromatic heterocycles. The van der Waals surface area contributed by atoms with E-state index in [1.165, 1.54) is 7.11 Å². The molecule has 2 unspecified atom stereocenters. The molecule has 2 rings (SSSR count). The van der Waals surface area contributed by atoms with E-state index in [4.69, 9.17) is 15.9 Å². The Bertz CT molecular complexity index is 642. The molecular formula is C17H19N3O3S. The predicted molar refractivity (Wildman–Crippen MR) is 93.7 cm³/mol. The molecule has 0 aliphatic carbocycles. The van der Waals surface area contributed by atoms with Gasteiger partial charge in [0.2, 0.25) is 0 Å². The van der Waals surface area contributed by atoms with Crippen molar-refractivity contribution in [2.75, 3.05) is 7.11 Å². The van der Waals surface area contributed by atoms with E-state index < -0.39 is 33.7 Å². The monoisotopic (exact) mass is 345 g/mol. The minimum Gasteiger partial charge on any atom is -0.614 e. The summed E-state index contributed by atoms with van der Waals surface area (Å²) in [5.74, 6) is -1.18. The summed E-state index contributed by atoms with van der Waals surface area (Å²) >= 11 is -1.75. The van der Waals surface area contributed by atoms with Crippen LogP contribution in [-0.4, -0.2) is 29.0 Å². The van der Waals surface area contributed by atoms with Gasteiger partial charge in [0.25, 0.3) is 5.37 Å². The van der Waals surface area contributed by atoms with E-state index in [2.05, 4.69) is 5.32 Å². The fourth-order valence-electron chi connectivity index (χ4n) is 2.31. The maximum absolute atomic E-state index is 13.2. The molecule has 24 heavy (non-hydrogen) atoms. The van der Waals surface area contributed by atoms with Gasteiger partial charge in [-0.15, -0.1) is 0 Å². The van der Waals surface area contributed by atoms with Gasteiger partial charge in [0, 0.05) is 11.1 Å². The second-order valence-corrected chi connectivity index (χ2v) is 6.59. The molecule has 0 radical (unpaired) electrons. The molecule has 6 nitrogen and oxygen atoms in total. The molecule has 0 fully saturated rings. The predicted octanol–water partition coefficient (Wildman–Crippen LogP) is 1.51. The van der Waals surface area contributed by atoms with E-state index in [0.717, 1.165) is 11.1 Å². The zero-order chi connectivity index (χ0) is 17.5. The summed E-state index contributed by atoms with van der Waals surface area (Å²) in [7, 11) is 1.20. The highest BCUT2D eigenvalue weighted by Gasteiger charge is 2.39. The molecule has 0 aliphatic heterocycles. The van der Waals surface area contributed by atoms with E-state index in [-0.39, 0.29) is 0 Å². The van der Waals surface area contributed by atoms with Crippen molar-refractivity contribution >= 4 is 23.1 Å². The van der Waals surface area contributed by atoms with Crippen molar-refractivity contribution in [3.8, 4) is 0 Å². The Morgan fingerprint density at radius 3 is 1.96 bits per heavy atom. The number of nitrogens with two attached hydrogens (primary N) is 1. The number of nitrogens with one attached hydrogen (secondary N) is 2. The highest BCUT2D eigenvalue weighted by molar-refractivity contribution is 7.93. The molecular weight excluding hydrogens is 326 g/mol. The van der Waals surface area contributed by atoms with Crippen molar-refractivity contribution in [1.29, 1.82) is 5.41 Å². The molecule has 4 N–H and O–H groups in total. The van der Waals surface area contributed by atoms with Crippen molar-refractivity contribution in [3.63, 3.8) is 0 Å². The Morgan fingerprint density at radius 2 is 1.58 bits per heavy atom. The Balaban J connectivity index is 2.45. The quantitative estimate of drug-likeness (QED) is 0.318. The van der Waals surface area contributed by atoms with Crippen LogP contribution in [0.5, 0.6) is 0 Å². The molecule has 0 amide bonds. The van der Waals surface area contributed by atoms with Crippen LogP contribution in [0.3, 0.4) is 0 Å². The third-order valence-electron chi connectivity index (χ3n) is 3.37. The zero-order valence-corrected chi connectivity index (χ0v) is 14.0. The first-order chi connectivity index (χ1) is 11.5.